The molecule has 4 aromatic carbocycles. The van der Waals surface area contributed by atoms with Gasteiger partial charge in [0, 0.05) is 50.0 Å². The monoisotopic (exact) mass is 920 g/mol. The number of hydrogen-bond donors (Lipinski definition) is 1. The van der Waals surface area contributed by atoms with Gasteiger partial charge in [-0.3, -0.25) is 20.2 Å². The minimum atomic E-state index is -3.59. The number of carbonyl (C=O) groups excluding carboxylic acids is 1. The highest BCUT2D eigenvalue weighted by molar-refractivity contribution is 7.86. The first-order valence-corrected chi connectivity index (χ1v) is 22.7. The Kier molecular flexibility index (Phi) is 19.7. The van der Waals surface area contributed by atoms with E-state index in [-0.39, 0.29) is 73.5 Å². The van der Waals surface area contributed by atoms with E-state index in [1.165, 1.54) is 61.7 Å². The van der Waals surface area contributed by atoms with E-state index in [9.17, 15) is 51.8 Å². The summed E-state index contributed by atoms with van der Waals surface area (Å²) in [4.78, 5) is 44.9. The van der Waals surface area contributed by atoms with Crippen molar-refractivity contribution in [2.24, 2.45) is 0 Å². The fraction of sp³-hybridized carbons (Fsp3) is 0.366. The molecule has 2 unspecified atom stereocenters. The number of ether oxygens (including phenoxy) is 5. The van der Waals surface area contributed by atoms with Crippen LogP contribution in [0.25, 0.3) is 0 Å². The summed E-state index contributed by atoms with van der Waals surface area (Å²) in [6.07, 6.45) is 0.628. The van der Waals surface area contributed by atoms with Crippen LogP contribution in [0, 0.1) is 20.2 Å². The number of methoxy groups -OCH3 is 1. The number of hydrogen-bond acceptors (Lipinski definition) is 17. The molecular formula is C41H48N2O18S2. The van der Waals surface area contributed by atoms with Crippen LogP contribution in [0.2, 0.25) is 0 Å². The topological polar surface area (TPSA) is 274 Å². The van der Waals surface area contributed by atoms with Gasteiger partial charge in [-0.05, 0) is 73.5 Å². The summed E-state index contributed by atoms with van der Waals surface area (Å²) >= 11 is 0. The maximum atomic E-state index is 11.8. The molecule has 0 aliphatic heterocycles. The van der Waals surface area contributed by atoms with E-state index >= 15 is 0 Å². The summed E-state index contributed by atoms with van der Waals surface area (Å²) in [6, 6.07) is 21.6. The molecule has 0 bridgehead atoms. The van der Waals surface area contributed by atoms with E-state index in [0.29, 0.717) is 24.2 Å². The largest absolute Gasteiger partial charge is 0.493 e. The number of esters is 1. The average Bonchev–Trinajstić information content (AvgIpc) is 3.21. The van der Waals surface area contributed by atoms with Crippen molar-refractivity contribution in [2.45, 2.75) is 51.7 Å². The third kappa shape index (κ3) is 18.3. The summed E-state index contributed by atoms with van der Waals surface area (Å²) in [5.41, 5.74) is 1.86. The zero-order chi connectivity index (χ0) is 46.7. The maximum Gasteiger partial charge on any atom is 0.335 e. The number of nitro groups is 2. The molecule has 0 saturated carbocycles. The molecule has 1 N–H and O–H groups in total. The fourth-order valence-electron chi connectivity index (χ4n) is 5.66. The molecule has 4 rings (SSSR count). The van der Waals surface area contributed by atoms with Gasteiger partial charge in [0.05, 0.1) is 54.8 Å². The molecule has 0 aromatic heterocycles. The second-order valence-corrected chi connectivity index (χ2v) is 16.5. The van der Waals surface area contributed by atoms with E-state index in [2.05, 4.69) is 0 Å². The number of carboxylic acid groups (broad SMARTS) is 1. The van der Waals surface area contributed by atoms with E-state index in [1.807, 2.05) is 0 Å². The lowest BCUT2D eigenvalue weighted by Gasteiger charge is -2.15. The zero-order valence-electron chi connectivity index (χ0n) is 35.0. The minimum Gasteiger partial charge on any atom is -0.493 e. The molecule has 22 heteroatoms. The predicted molar refractivity (Wildman–Crippen MR) is 226 cm³/mol. The van der Waals surface area contributed by atoms with Gasteiger partial charge in [-0.25, -0.2) is 9.59 Å². The summed E-state index contributed by atoms with van der Waals surface area (Å²) in [5, 5.41) is 32.1. The summed E-state index contributed by atoms with van der Waals surface area (Å²) < 4.78 is 80.4. The van der Waals surface area contributed by atoms with Crippen molar-refractivity contribution in [3.05, 3.63) is 127 Å². The van der Waals surface area contributed by atoms with Crippen LogP contribution >= 0.6 is 0 Å². The Bertz CT molecular complexity index is 2390. The molecule has 4 aromatic rings. The zero-order valence-corrected chi connectivity index (χ0v) is 36.6. The lowest BCUT2D eigenvalue weighted by molar-refractivity contribution is -0.385. The average molecular weight is 921 g/mol. The Balaban J connectivity index is 0.000000335. The van der Waals surface area contributed by atoms with Crippen LogP contribution in [-0.2, 0) is 69.7 Å². The summed E-state index contributed by atoms with van der Waals surface area (Å²) in [5.74, 6) is -0.802. The molecule has 2 atom stereocenters. The van der Waals surface area contributed by atoms with Crippen LogP contribution in [0.3, 0.4) is 0 Å². The van der Waals surface area contributed by atoms with E-state index in [1.54, 1.807) is 44.2 Å². The second-order valence-electron chi connectivity index (χ2n) is 13.3. The third-order valence-electron chi connectivity index (χ3n) is 8.45. The van der Waals surface area contributed by atoms with Crippen molar-refractivity contribution < 1.29 is 73.4 Å². The smallest absolute Gasteiger partial charge is 0.335 e. The molecule has 63 heavy (non-hydrogen) atoms. The van der Waals surface area contributed by atoms with Crippen molar-refractivity contribution in [3.63, 3.8) is 0 Å². The molecule has 0 fully saturated rings. The molecule has 0 heterocycles. The number of benzene rings is 4. The molecule has 0 aliphatic carbocycles. The molecular weight excluding hydrogens is 873 g/mol. The fourth-order valence-corrected chi connectivity index (χ4v) is 6.58. The van der Waals surface area contributed by atoms with E-state index in [0.717, 1.165) is 23.6 Å². The highest BCUT2D eigenvalue weighted by Crippen LogP contribution is 2.28. The Morgan fingerprint density at radius 3 is 1.32 bits per heavy atom. The van der Waals surface area contributed by atoms with Gasteiger partial charge in [0.15, 0.2) is 12.2 Å². The predicted octanol–water partition coefficient (Wildman–Crippen LogP) is 5.26. The van der Waals surface area contributed by atoms with Gasteiger partial charge in [-0.1, -0.05) is 24.3 Å². The third-order valence-corrected chi connectivity index (χ3v) is 9.44. The standard InChI is InChI=1S/C21H25NO9S.C20H23NO9S/c1-4-29-20(21(23)28-2)13-16-7-10-18(14-19(16)22(24)25)30-12-11-15-5-8-17(9-6-15)31-32(3,26)27;1-3-28-19(20(22)23)12-15-6-9-17(13-18(15)21(24)25)29-11-10-14-4-7-16(8-5-14)30-31(2,26)27/h5-10,14,20H,4,11-13H2,1-3H3;4-9,13,19H,3,10-12H2,1-2H3,(H,22,23). The second kappa shape index (κ2) is 24.3. The van der Waals surface area contributed by atoms with Crippen molar-refractivity contribution in [1.82, 2.24) is 0 Å². The van der Waals surface area contributed by atoms with Crippen LogP contribution in [0.15, 0.2) is 84.9 Å². The SMILES string of the molecule is CCOC(Cc1ccc(OCCc2ccc(OS(C)(=O)=O)cc2)cc1[N+](=O)[O-])C(=O)O.CCOC(Cc1ccc(OCCc2ccc(OS(C)(=O)=O)cc2)cc1[N+](=O)[O-])C(=O)OC. The summed E-state index contributed by atoms with van der Waals surface area (Å²) in [6.45, 7) is 4.26. The van der Waals surface area contributed by atoms with Crippen LogP contribution in [0.4, 0.5) is 11.4 Å². The number of carbonyl (C=O) groups is 2. The van der Waals surface area contributed by atoms with Gasteiger partial charge in [-0.2, -0.15) is 16.8 Å². The van der Waals surface area contributed by atoms with Gasteiger partial charge < -0.3 is 37.2 Å². The lowest BCUT2D eigenvalue weighted by Crippen LogP contribution is -2.28. The first-order valence-electron chi connectivity index (χ1n) is 19.0. The molecule has 0 saturated heterocycles. The minimum absolute atomic E-state index is 0.000986. The first kappa shape index (κ1) is 51.0. The van der Waals surface area contributed by atoms with Gasteiger partial charge >= 0.3 is 32.2 Å². The van der Waals surface area contributed by atoms with Gasteiger partial charge in [0.1, 0.15) is 23.0 Å². The van der Waals surface area contributed by atoms with Gasteiger partial charge in [0.25, 0.3) is 11.4 Å². The van der Waals surface area contributed by atoms with Crippen molar-refractivity contribution in [3.8, 4) is 23.0 Å². The van der Waals surface area contributed by atoms with Crippen molar-refractivity contribution in [2.75, 3.05) is 46.0 Å². The Hall–Kier alpha value is -6.36. The highest BCUT2D eigenvalue weighted by Gasteiger charge is 2.26. The first-order chi connectivity index (χ1) is 29.7. The van der Waals surface area contributed by atoms with Crippen LogP contribution in [0.5, 0.6) is 23.0 Å². The van der Waals surface area contributed by atoms with Crippen LogP contribution < -0.4 is 17.8 Å². The molecule has 0 spiro atoms. The Labute approximate surface area is 364 Å². The summed E-state index contributed by atoms with van der Waals surface area (Å²) in [7, 11) is -5.95. The molecule has 20 nitrogen and oxygen atoms in total. The number of rotatable bonds is 24. The highest BCUT2D eigenvalue weighted by atomic mass is 32.2. The number of carboxylic acids is 1. The molecule has 342 valence electrons. The number of aliphatic carboxylic acids is 1. The number of nitrogens with zero attached hydrogens (tertiary/aromatic N) is 2. The van der Waals surface area contributed by atoms with Gasteiger partial charge in [-0.15, -0.1) is 0 Å². The van der Waals surface area contributed by atoms with E-state index in [4.69, 9.17) is 32.1 Å². The molecule has 0 radical (unpaired) electrons. The molecule has 0 amide bonds. The normalized spacial score (nSPS) is 12.1. The van der Waals surface area contributed by atoms with Crippen LogP contribution in [-0.4, -0.2) is 102 Å². The van der Waals surface area contributed by atoms with Gasteiger partial charge in [0.2, 0.25) is 0 Å². The van der Waals surface area contributed by atoms with Crippen molar-refractivity contribution >= 4 is 43.5 Å². The van der Waals surface area contributed by atoms with E-state index < -0.39 is 54.2 Å². The Morgan fingerprint density at radius 2 is 0.984 bits per heavy atom. The van der Waals surface area contributed by atoms with Crippen LogP contribution in [0.1, 0.15) is 36.1 Å². The Morgan fingerprint density at radius 1 is 0.619 bits per heavy atom. The maximum absolute atomic E-state index is 11.8. The molecule has 0 aliphatic rings. The lowest BCUT2D eigenvalue weighted by atomic mass is 10.1. The quantitative estimate of drug-likeness (QED) is 0.0406. The van der Waals surface area contributed by atoms with Crippen molar-refractivity contribution in [1.29, 1.82) is 0 Å². The number of nitro benzene ring substituents is 2.